The molecule has 20 heavy (non-hydrogen) atoms. The fourth-order valence-electron chi connectivity index (χ4n) is 2.14. The van der Waals surface area contributed by atoms with E-state index in [9.17, 15) is 22.8 Å². The molecule has 10 heteroatoms. The van der Waals surface area contributed by atoms with Gasteiger partial charge in [0.25, 0.3) is 10.1 Å². The summed E-state index contributed by atoms with van der Waals surface area (Å²) in [7, 11) is -4.20. The molecular weight excluding hydrogens is 292 g/mol. The maximum atomic E-state index is 11.8. The Bertz CT molecular complexity index is 516. The van der Waals surface area contributed by atoms with E-state index >= 15 is 0 Å². The molecule has 0 aliphatic heterocycles. The van der Waals surface area contributed by atoms with Crippen molar-refractivity contribution < 1.29 is 32.5 Å². The van der Waals surface area contributed by atoms with E-state index in [1.807, 2.05) is 0 Å². The normalized spacial score (nSPS) is 24.1. The quantitative estimate of drug-likeness (QED) is 0.433. The van der Waals surface area contributed by atoms with E-state index < -0.39 is 51.5 Å². The van der Waals surface area contributed by atoms with Gasteiger partial charge in [0.2, 0.25) is 11.8 Å². The number of carboxylic acid groups (broad SMARTS) is 1. The van der Waals surface area contributed by atoms with Gasteiger partial charge in [-0.05, 0) is 19.3 Å². The molecule has 114 valence electrons. The summed E-state index contributed by atoms with van der Waals surface area (Å²) in [5.74, 6) is -3.65. The van der Waals surface area contributed by atoms with Gasteiger partial charge < -0.3 is 16.2 Å². The zero-order valence-corrected chi connectivity index (χ0v) is 11.3. The summed E-state index contributed by atoms with van der Waals surface area (Å²) in [6.07, 6.45) is -0.271. The molecule has 0 radical (unpaired) electrons. The monoisotopic (exact) mass is 308 g/mol. The van der Waals surface area contributed by atoms with Crippen molar-refractivity contribution in [2.45, 2.75) is 37.0 Å². The molecule has 0 aromatic heterocycles. The van der Waals surface area contributed by atoms with Gasteiger partial charge in [0.1, 0.15) is 6.04 Å². The maximum Gasteiger partial charge on any atom is 0.326 e. The van der Waals surface area contributed by atoms with Gasteiger partial charge in [-0.1, -0.05) is 0 Å². The summed E-state index contributed by atoms with van der Waals surface area (Å²) in [5, 5.41) is 9.97. The molecule has 3 atom stereocenters. The highest BCUT2D eigenvalue weighted by Crippen LogP contribution is 2.30. The first-order valence-electron chi connectivity index (χ1n) is 5.89. The number of primary amides is 1. The first kappa shape index (κ1) is 16.4. The van der Waals surface area contributed by atoms with Crippen LogP contribution in [0.4, 0.5) is 0 Å². The molecule has 1 aliphatic rings. The predicted octanol–water partition coefficient (Wildman–Crippen LogP) is -1.51. The average Bonchev–Trinajstić information content (AvgIpc) is 2.75. The number of carbonyl (C=O) groups excluding carboxylic acids is 2. The minimum atomic E-state index is -4.20. The fourth-order valence-corrected chi connectivity index (χ4v) is 3.05. The van der Waals surface area contributed by atoms with Crippen LogP contribution in [-0.2, 0) is 24.5 Å². The third-order valence-electron chi connectivity index (χ3n) is 3.20. The Hall–Kier alpha value is -1.68. The molecule has 5 N–H and O–H groups in total. The Labute approximate surface area is 115 Å². The summed E-state index contributed by atoms with van der Waals surface area (Å²) < 4.78 is 30.8. The number of amides is 2. The van der Waals surface area contributed by atoms with Crippen LogP contribution in [0.25, 0.3) is 0 Å². The molecule has 1 rings (SSSR count). The molecule has 1 fully saturated rings. The Morgan fingerprint density at radius 2 is 1.90 bits per heavy atom. The lowest BCUT2D eigenvalue weighted by molar-refractivity contribution is -0.143. The number of nitrogens with two attached hydrogens (primary N) is 1. The first-order chi connectivity index (χ1) is 9.11. The van der Waals surface area contributed by atoms with Crippen LogP contribution >= 0.6 is 0 Å². The van der Waals surface area contributed by atoms with Crippen molar-refractivity contribution in [3.8, 4) is 0 Å². The highest BCUT2D eigenvalue weighted by atomic mass is 32.2. The Balaban J connectivity index is 2.63. The van der Waals surface area contributed by atoms with E-state index in [2.05, 4.69) is 5.32 Å². The molecule has 0 unspecified atom stereocenters. The van der Waals surface area contributed by atoms with Gasteiger partial charge in [0.05, 0.1) is 11.7 Å². The second-order valence-electron chi connectivity index (χ2n) is 4.72. The van der Waals surface area contributed by atoms with E-state index in [0.717, 1.165) is 0 Å². The van der Waals surface area contributed by atoms with Gasteiger partial charge in [0, 0.05) is 5.92 Å². The third kappa shape index (κ3) is 4.46. The van der Waals surface area contributed by atoms with Crippen LogP contribution in [0.15, 0.2) is 0 Å². The van der Waals surface area contributed by atoms with Crippen LogP contribution in [0.2, 0.25) is 0 Å². The van der Waals surface area contributed by atoms with E-state index in [4.69, 9.17) is 15.4 Å². The molecule has 0 heterocycles. The van der Waals surface area contributed by atoms with Crippen molar-refractivity contribution >= 4 is 27.9 Å². The Morgan fingerprint density at radius 1 is 1.30 bits per heavy atom. The molecule has 0 aromatic rings. The van der Waals surface area contributed by atoms with Gasteiger partial charge in [-0.3, -0.25) is 14.1 Å². The number of rotatable bonds is 6. The van der Waals surface area contributed by atoms with E-state index in [-0.39, 0.29) is 19.3 Å². The van der Waals surface area contributed by atoms with Crippen molar-refractivity contribution in [3.05, 3.63) is 0 Å². The van der Waals surface area contributed by atoms with Crippen LogP contribution in [-0.4, -0.2) is 47.2 Å². The van der Waals surface area contributed by atoms with Crippen molar-refractivity contribution in [2.24, 2.45) is 11.7 Å². The van der Waals surface area contributed by atoms with Gasteiger partial charge in [-0.2, -0.15) is 8.42 Å². The van der Waals surface area contributed by atoms with Crippen LogP contribution < -0.4 is 11.1 Å². The zero-order chi connectivity index (χ0) is 15.5. The number of carbonyl (C=O) groups is 3. The summed E-state index contributed by atoms with van der Waals surface area (Å²) in [6, 6.07) is -1.44. The maximum absolute atomic E-state index is 11.8. The molecular formula is C10H16N2O7S. The number of hydrogen-bond donors (Lipinski definition) is 4. The first-order valence-corrected chi connectivity index (χ1v) is 7.39. The average molecular weight is 308 g/mol. The zero-order valence-electron chi connectivity index (χ0n) is 10.5. The number of carboxylic acids is 1. The summed E-state index contributed by atoms with van der Waals surface area (Å²) in [5.41, 5.74) is 4.87. The van der Waals surface area contributed by atoms with E-state index in [0.29, 0.717) is 0 Å². The molecule has 9 nitrogen and oxygen atoms in total. The standard InChI is InChI=1S/C10H16N2O7S/c11-8(13)4-7(10(15)16)12-9(14)5-1-2-6(3-5)20(17,18)19/h5-7H,1-4H2,(H2,11,13)(H,12,14)(H,15,16)(H,17,18,19)/t5-,6+,7-/m0/s1. The van der Waals surface area contributed by atoms with Gasteiger partial charge in [0.15, 0.2) is 0 Å². The summed E-state index contributed by atoms with van der Waals surface area (Å²) >= 11 is 0. The lowest BCUT2D eigenvalue weighted by Crippen LogP contribution is -2.45. The number of hydrogen-bond acceptors (Lipinski definition) is 5. The number of nitrogens with one attached hydrogen (secondary N) is 1. The molecule has 0 bridgehead atoms. The molecule has 0 spiro atoms. The Morgan fingerprint density at radius 3 is 2.30 bits per heavy atom. The SMILES string of the molecule is NC(=O)C[C@H](NC(=O)[C@H]1CC[C@@H](S(=O)(=O)O)C1)C(=O)O. The van der Waals surface area contributed by atoms with Gasteiger partial charge in [-0.25, -0.2) is 4.79 Å². The lowest BCUT2D eigenvalue weighted by Gasteiger charge is -2.16. The van der Waals surface area contributed by atoms with Crippen LogP contribution in [0.3, 0.4) is 0 Å². The minimum absolute atomic E-state index is 0.0758. The van der Waals surface area contributed by atoms with Crippen molar-refractivity contribution in [1.82, 2.24) is 5.32 Å². The van der Waals surface area contributed by atoms with E-state index in [1.54, 1.807) is 0 Å². The van der Waals surface area contributed by atoms with Crippen LogP contribution in [0, 0.1) is 5.92 Å². The smallest absolute Gasteiger partial charge is 0.326 e. The van der Waals surface area contributed by atoms with Crippen LogP contribution in [0.5, 0.6) is 0 Å². The topological polar surface area (TPSA) is 164 Å². The predicted molar refractivity (Wildman–Crippen MR) is 66.1 cm³/mol. The second kappa shape index (κ2) is 6.18. The van der Waals surface area contributed by atoms with Crippen molar-refractivity contribution in [2.75, 3.05) is 0 Å². The van der Waals surface area contributed by atoms with Crippen molar-refractivity contribution in [1.29, 1.82) is 0 Å². The fraction of sp³-hybridized carbons (Fsp3) is 0.700. The molecule has 2 amide bonds. The second-order valence-corrected chi connectivity index (χ2v) is 6.41. The third-order valence-corrected chi connectivity index (χ3v) is 4.47. The highest BCUT2D eigenvalue weighted by molar-refractivity contribution is 7.86. The number of aliphatic carboxylic acids is 1. The largest absolute Gasteiger partial charge is 0.480 e. The van der Waals surface area contributed by atoms with Gasteiger partial charge in [-0.15, -0.1) is 0 Å². The summed E-state index contributed by atoms with van der Waals surface area (Å²) in [4.78, 5) is 33.4. The van der Waals surface area contributed by atoms with Crippen LogP contribution in [0.1, 0.15) is 25.7 Å². The molecule has 1 aliphatic carbocycles. The van der Waals surface area contributed by atoms with Gasteiger partial charge >= 0.3 is 5.97 Å². The molecule has 0 aromatic carbocycles. The molecule has 0 saturated heterocycles. The molecule has 1 saturated carbocycles. The lowest BCUT2D eigenvalue weighted by atomic mass is 10.1. The summed E-state index contributed by atoms with van der Waals surface area (Å²) in [6.45, 7) is 0. The minimum Gasteiger partial charge on any atom is -0.480 e. The highest BCUT2D eigenvalue weighted by Gasteiger charge is 2.37. The van der Waals surface area contributed by atoms with E-state index in [1.165, 1.54) is 0 Å². The Kier molecular flexibility index (Phi) is 5.06. The van der Waals surface area contributed by atoms with Crippen molar-refractivity contribution in [3.63, 3.8) is 0 Å².